The highest BCUT2D eigenvalue weighted by Crippen LogP contribution is 2.32. The van der Waals surface area contributed by atoms with E-state index < -0.39 is 5.82 Å². The molecule has 0 aliphatic heterocycles. The number of rotatable bonds is 2. The molecule has 3 rings (SSSR count). The molecule has 0 bridgehead atoms. The van der Waals surface area contributed by atoms with Crippen LogP contribution in [0, 0.1) is 17.7 Å². The van der Waals surface area contributed by atoms with Crippen LogP contribution in [0.4, 0.5) is 10.1 Å². The third-order valence-corrected chi connectivity index (χ3v) is 4.57. The number of hydrogen-bond donors (Lipinski definition) is 0. The number of thiophene rings is 1. The number of allylic oxidation sites excluding steroid dienone is 2. The molecule has 22 heavy (non-hydrogen) atoms. The number of isothiocyanates is 1. The molecule has 0 atom stereocenters. The number of thiocarbonyl (C=S) groups is 1. The van der Waals surface area contributed by atoms with Crippen molar-refractivity contribution < 1.29 is 4.39 Å². The van der Waals surface area contributed by atoms with Gasteiger partial charge in [0.2, 0.25) is 0 Å². The second-order valence-electron chi connectivity index (χ2n) is 4.90. The minimum Gasteiger partial charge on any atom is -0.205 e. The van der Waals surface area contributed by atoms with E-state index in [0.717, 1.165) is 11.3 Å². The summed E-state index contributed by atoms with van der Waals surface area (Å²) in [5.41, 5.74) is 2.23. The van der Waals surface area contributed by atoms with Gasteiger partial charge in [0, 0.05) is 10.4 Å². The van der Waals surface area contributed by atoms with Gasteiger partial charge in [-0.1, -0.05) is 17.9 Å². The summed E-state index contributed by atoms with van der Waals surface area (Å²) in [7, 11) is 0. The van der Waals surface area contributed by atoms with E-state index in [1.54, 1.807) is 23.5 Å². The van der Waals surface area contributed by atoms with Crippen molar-refractivity contribution in [2.75, 3.05) is 0 Å². The normalized spacial score (nSPS) is 13.0. The van der Waals surface area contributed by atoms with Crippen LogP contribution in [0.25, 0.3) is 5.57 Å². The summed E-state index contributed by atoms with van der Waals surface area (Å²) < 4.78 is 13.7. The van der Waals surface area contributed by atoms with Gasteiger partial charge in [-0.25, -0.2) is 4.39 Å². The number of benzene rings is 1. The lowest BCUT2D eigenvalue weighted by Gasteiger charge is -1.95. The molecule has 0 unspecified atom stereocenters. The van der Waals surface area contributed by atoms with E-state index in [0.29, 0.717) is 5.56 Å². The molecule has 0 N–H and O–H groups in total. The molecular formula is C18H12FNS2. The van der Waals surface area contributed by atoms with Crippen molar-refractivity contribution in [3.05, 3.63) is 57.5 Å². The van der Waals surface area contributed by atoms with E-state index in [-0.39, 0.29) is 5.69 Å². The number of aliphatic imine (C=N–C) groups is 1. The molecule has 0 saturated carbocycles. The Balaban J connectivity index is 1.80. The Bertz CT molecular complexity index is 845. The average molecular weight is 325 g/mol. The van der Waals surface area contributed by atoms with Gasteiger partial charge < -0.3 is 0 Å². The summed E-state index contributed by atoms with van der Waals surface area (Å²) in [4.78, 5) is 5.93. The van der Waals surface area contributed by atoms with Gasteiger partial charge in [-0.2, -0.15) is 4.99 Å². The lowest BCUT2D eigenvalue weighted by atomic mass is 10.2. The Morgan fingerprint density at radius 1 is 1.18 bits per heavy atom. The van der Waals surface area contributed by atoms with E-state index in [4.69, 9.17) is 0 Å². The maximum absolute atomic E-state index is 13.7. The van der Waals surface area contributed by atoms with Crippen LogP contribution < -0.4 is 0 Å². The van der Waals surface area contributed by atoms with Crippen molar-refractivity contribution in [3.63, 3.8) is 0 Å². The molecular weight excluding hydrogens is 313 g/mol. The Hall–Kier alpha value is -2.05. The fourth-order valence-electron chi connectivity index (χ4n) is 2.33. The zero-order chi connectivity index (χ0) is 15.4. The van der Waals surface area contributed by atoms with Crippen molar-refractivity contribution in [2.45, 2.75) is 19.3 Å². The zero-order valence-corrected chi connectivity index (χ0v) is 13.4. The van der Waals surface area contributed by atoms with Gasteiger partial charge in [0.1, 0.15) is 5.69 Å². The first-order valence-electron chi connectivity index (χ1n) is 6.95. The number of nitrogens with zero attached hydrogens (tertiary/aromatic N) is 1. The van der Waals surface area contributed by atoms with Crippen molar-refractivity contribution in [1.82, 2.24) is 0 Å². The molecule has 0 radical (unpaired) electrons. The van der Waals surface area contributed by atoms with Gasteiger partial charge in [0.05, 0.1) is 10.0 Å². The first kappa shape index (κ1) is 14.9. The highest BCUT2D eigenvalue weighted by Gasteiger charge is 2.08. The Morgan fingerprint density at radius 2 is 2.09 bits per heavy atom. The van der Waals surface area contributed by atoms with E-state index in [1.807, 2.05) is 6.07 Å². The average Bonchev–Trinajstić information content (AvgIpc) is 3.18. The third-order valence-electron chi connectivity index (χ3n) is 3.41. The summed E-state index contributed by atoms with van der Waals surface area (Å²) in [5, 5.41) is 2.16. The van der Waals surface area contributed by atoms with Crippen LogP contribution >= 0.6 is 23.6 Å². The first-order valence-corrected chi connectivity index (χ1v) is 8.17. The second-order valence-corrected chi connectivity index (χ2v) is 6.17. The van der Waals surface area contributed by atoms with Crippen LogP contribution in [0.5, 0.6) is 0 Å². The third kappa shape index (κ3) is 3.40. The maximum Gasteiger partial charge on any atom is 0.150 e. The second kappa shape index (κ2) is 6.81. The van der Waals surface area contributed by atoms with Crippen LogP contribution in [-0.4, -0.2) is 5.16 Å². The van der Waals surface area contributed by atoms with Crippen LogP contribution in [-0.2, 0) is 0 Å². The molecule has 1 nitrogen and oxygen atoms in total. The Morgan fingerprint density at radius 3 is 2.82 bits per heavy atom. The van der Waals surface area contributed by atoms with E-state index >= 15 is 0 Å². The van der Waals surface area contributed by atoms with Gasteiger partial charge in [-0.15, -0.1) is 11.3 Å². The standard InChI is InChI=1S/C18H12FNS2/c19-16-11-13(6-9-17(16)20-12-21)5-7-15-8-10-18(22-15)14-3-1-2-4-14/h3,6,8-11H,1-2,4H2. The molecule has 4 heteroatoms. The summed E-state index contributed by atoms with van der Waals surface area (Å²) in [6.45, 7) is 0. The molecule has 108 valence electrons. The summed E-state index contributed by atoms with van der Waals surface area (Å²) in [5.74, 6) is 5.64. The lowest BCUT2D eigenvalue weighted by molar-refractivity contribution is 0.629. The fraction of sp³-hybridized carbons (Fsp3) is 0.167. The summed E-state index contributed by atoms with van der Waals surface area (Å²) >= 11 is 6.16. The smallest absolute Gasteiger partial charge is 0.150 e. The predicted octanol–water partition coefficient (Wildman–Crippen LogP) is 5.59. The van der Waals surface area contributed by atoms with E-state index in [1.165, 1.54) is 29.4 Å². The number of hydrogen-bond acceptors (Lipinski definition) is 3. The van der Waals surface area contributed by atoms with Gasteiger partial charge in [-0.05, 0) is 67.4 Å². The maximum atomic E-state index is 13.7. The predicted molar refractivity (Wildman–Crippen MR) is 93.2 cm³/mol. The molecule has 2 aromatic rings. The summed E-state index contributed by atoms with van der Waals surface area (Å²) in [6.07, 6.45) is 5.86. The molecule has 1 aromatic carbocycles. The molecule has 1 aliphatic carbocycles. The monoisotopic (exact) mass is 325 g/mol. The van der Waals surface area contributed by atoms with Crippen molar-refractivity contribution in [1.29, 1.82) is 0 Å². The van der Waals surface area contributed by atoms with E-state index in [2.05, 4.69) is 46.4 Å². The molecule has 0 fully saturated rings. The van der Waals surface area contributed by atoms with Gasteiger partial charge in [-0.3, -0.25) is 0 Å². The minimum absolute atomic E-state index is 0.187. The highest BCUT2D eigenvalue weighted by atomic mass is 32.1. The first-order chi connectivity index (χ1) is 10.8. The van der Waals surface area contributed by atoms with Crippen molar-refractivity contribution in [3.8, 4) is 11.8 Å². The Labute approximate surface area is 138 Å². The minimum atomic E-state index is -0.438. The van der Waals surface area contributed by atoms with Gasteiger partial charge in [0.15, 0.2) is 5.82 Å². The van der Waals surface area contributed by atoms with Crippen molar-refractivity contribution in [2.24, 2.45) is 4.99 Å². The summed E-state index contributed by atoms with van der Waals surface area (Å²) in [6, 6.07) is 8.79. The van der Waals surface area contributed by atoms with Gasteiger partial charge in [0.25, 0.3) is 0 Å². The van der Waals surface area contributed by atoms with Crippen molar-refractivity contribution >= 4 is 40.0 Å². The molecule has 1 heterocycles. The highest BCUT2D eigenvalue weighted by molar-refractivity contribution is 7.78. The quantitative estimate of drug-likeness (QED) is 0.398. The van der Waals surface area contributed by atoms with Crippen LogP contribution in [0.2, 0.25) is 0 Å². The molecule has 1 aromatic heterocycles. The van der Waals surface area contributed by atoms with Gasteiger partial charge >= 0.3 is 0 Å². The fourth-order valence-corrected chi connectivity index (χ4v) is 3.36. The number of halogens is 1. The lowest BCUT2D eigenvalue weighted by Crippen LogP contribution is -1.79. The largest absolute Gasteiger partial charge is 0.205 e. The topological polar surface area (TPSA) is 12.4 Å². The Kier molecular flexibility index (Phi) is 4.60. The van der Waals surface area contributed by atoms with Crippen LogP contribution in [0.3, 0.4) is 0 Å². The zero-order valence-electron chi connectivity index (χ0n) is 11.7. The molecule has 0 spiro atoms. The van der Waals surface area contributed by atoms with Crippen LogP contribution in [0.1, 0.15) is 34.6 Å². The molecule has 1 aliphatic rings. The van der Waals surface area contributed by atoms with Crippen LogP contribution in [0.15, 0.2) is 41.4 Å². The van der Waals surface area contributed by atoms with E-state index in [9.17, 15) is 4.39 Å². The molecule has 0 amide bonds. The molecule has 0 saturated heterocycles. The SMILES string of the molecule is Fc1cc(C#Cc2ccc(C3=CCCC3)s2)ccc1N=C=S.